The van der Waals surface area contributed by atoms with E-state index in [0.29, 0.717) is 18.3 Å². The molecule has 1 heterocycles. The fourth-order valence-electron chi connectivity index (χ4n) is 3.18. The monoisotopic (exact) mass is 288 g/mol. The molecule has 0 spiro atoms. The summed E-state index contributed by atoms with van der Waals surface area (Å²) < 4.78 is 0. The largest absolute Gasteiger partial charge is 0.353 e. The summed E-state index contributed by atoms with van der Waals surface area (Å²) in [7, 11) is 0. The molecule has 116 valence electrons. The van der Waals surface area contributed by atoms with Gasteiger partial charge in [-0.1, -0.05) is 37.3 Å². The third-order valence-electron chi connectivity index (χ3n) is 4.44. The van der Waals surface area contributed by atoms with Crippen LogP contribution in [0.3, 0.4) is 0 Å². The molecule has 3 heteroatoms. The average molecular weight is 288 g/mol. The predicted molar refractivity (Wildman–Crippen MR) is 87.1 cm³/mol. The van der Waals surface area contributed by atoms with Crippen molar-refractivity contribution < 1.29 is 4.79 Å². The smallest absolute Gasteiger partial charge is 0.220 e. The predicted octanol–water partition coefficient (Wildman–Crippen LogP) is 2.76. The molecular formula is C18H28N2O. The molecule has 1 aromatic rings. The maximum absolute atomic E-state index is 12.2. The van der Waals surface area contributed by atoms with E-state index < -0.39 is 0 Å². The highest BCUT2D eigenvalue weighted by Gasteiger charge is 2.22. The first-order valence-electron chi connectivity index (χ1n) is 8.19. The van der Waals surface area contributed by atoms with Gasteiger partial charge in [-0.25, -0.2) is 0 Å². The Morgan fingerprint density at radius 2 is 2.10 bits per heavy atom. The summed E-state index contributed by atoms with van der Waals surface area (Å²) in [6.45, 7) is 6.48. The summed E-state index contributed by atoms with van der Waals surface area (Å²) in [5, 5.41) is 6.57. The Bertz CT molecular complexity index is 426. The van der Waals surface area contributed by atoms with Crippen LogP contribution in [0.1, 0.15) is 38.7 Å². The molecule has 0 aromatic heterocycles. The van der Waals surface area contributed by atoms with Gasteiger partial charge < -0.3 is 10.6 Å². The molecule has 1 amide bonds. The van der Waals surface area contributed by atoms with Gasteiger partial charge >= 0.3 is 0 Å². The molecule has 1 fully saturated rings. The molecule has 3 nitrogen and oxygen atoms in total. The maximum atomic E-state index is 12.2. The van der Waals surface area contributed by atoms with Crippen molar-refractivity contribution in [2.24, 2.45) is 11.8 Å². The van der Waals surface area contributed by atoms with Crippen LogP contribution >= 0.6 is 0 Å². The van der Waals surface area contributed by atoms with Gasteiger partial charge in [0.05, 0.1) is 0 Å². The van der Waals surface area contributed by atoms with Gasteiger partial charge in [-0.2, -0.15) is 0 Å². The Hall–Kier alpha value is -1.35. The summed E-state index contributed by atoms with van der Waals surface area (Å²) in [5.74, 6) is 1.30. The number of amides is 1. The van der Waals surface area contributed by atoms with Gasteiger partial charge in [-0.3, -0.25) is 4.79 Å². The van der Waals surface area contributed by atoms with Crippen LogP contribution in [0, 0.1) is 11.8 Å². The first kappa shape index (κ1) is 16.0. The van der Waals surface area contributed by atoms with Gasteiger partial charge in [0.25, 0.3) is 0 Å². The number of benzene rings is 1. The number of nitrogens with one attached hydrogen (secondary N) is 2. The fourth-order valence-corrected chi connectivity index (χ4v) is 3.18. The van der Waals surface area contributed by atoms with Gasteiger partial charge in [0, 0.05) is 12.5 Å². The molecule has 3 unspecified atom stereocenters. The van der Waals surface area contributed by atoms with Gasteiger partial charge in [0.1, 0.15) is 0 Å². The number of hydrogen-bond donors (Lipinski definition) is 2. The van der Waals surface area contributed by atoms with Crippen molar-refractivity contribution in [2.75, 3.05) is 13.1 Å². The van der Waals surface area contributed by atoms with Crippen LogP contribution in [0.5, 0.6) is 0 Å². The minimum atomic E-state index is 0.191. The second-order valence-electron chi connectivity index (χ2n) is 6.45. The highest BCUT2D eigenvalue weighted by Crippen LogP contribution is 2.22. The van der Waals surface area contributed by atoms with Crippen LogP contribution in [0.15, 0.2) is 30.3 Å². The summed E-state index contributed by atoms with van der Waals surface area (Å²) in [5.41, 5.74) is 1.27. The average Bonchev–Trinajstić information content (AvgIpc) is 2.48. The number of carbonyl (C=O) groups excluding carboxylic acids is 1. The molecule has 1 aromatic carbocycles. The third kappa shape index (κ3) is 5.50. The zero-order valence-corrected chi connectivity index (χ0v) is 13.3. The lowest BCUT2D eigenvalue weighted by molar-refractivity contribution is -0.122. The summed E-state index contributed by atoms with van der Waals surface area (Å²) in [6.07, 6.45) is 4.03. The zero-order valence-electron chi connectivity index (χ0n) is 13.3. The van der Waals surface area contributed by atoms with Crippen molar-refractivity contribution in [3.8, 4) is 0 Å². The van der Waals surface area contributed by atoms with Crippen molar-refractivity contribution in [3.05, 3.63) is 35.9 Å². The van der Waals surface area contributed by atoms with E-state index in [1.54, 1.807) is 0 Å². The molecule has 21 heavy (non-hydrogen) atoms. The number of rotatable bonds is 6. The normalized spacial score (nSPS) is 21.5. The SMILES string of the molecule is CC(Cc1ccccc1)NC(=O)CC(C)C1CCCNC1. The van der Waals surface area contributed by atoms with Crippen molar-refractivity contribution in [3.63, 3.8) is 0 Å². The molecule has 1 aliphatic rings. The van der Waals surface area contributed by atoms with Crippen molar-refractivity contribution in [2.45, 2.75) is 45.6 Å². The molecule has 0 bridgehead atoms. The number of carbonyl (C=O) groups is 1. The van der Waals surface area contributed by atoms with E-state index in [4.69, 9.17) is 0 Å². The van der Waals surface area contributed by atoms with E-state index in [2.05, 4.69) is 36.6 Å². The standard InChI is InChI=1S/C18H28N2O/c1-14(17-9-6-10-19-13-17)11-18(21)20-15(2)12-16-7-4-3-5-8-16/h3-5,7-8,14-15,17,19H,6,9-13H2,1-2H3,(H,20,21). The Kier molecular flexibility index (Phi) is 6.24. The maximum Gasteiger partial charge on any atom is 0.220 e. The Balaban J connectivity index is 1.73. The summed E-state index contributed by atoms with van der Waals surface area (Å²) >= 11 is 0. The van der Waals surface area contributed by atoms with Crippen LogP contribution < -0.4 is 10.6 Å². The number of hydrogen-bond acceptors (Lipinski definition) is 2. The summed E-state index contributed by atoms with van der Waals surface area (Å²) in [4.78, 5) is 12.2. The molecule has 0 radical (unpaired) electrons. The Labute approximate surface area is 128 Å². The van der Waals surface area contributed by atoms with E-state index in [1.807, 2.05) is 18.2 Å². The second kappa shape index (κ2) is 8.18. The van der Waals surface area contributed by atoms with E-state index in [0.717, 1.165) is 19.5 Å². The van der Waals surface area contributed by atoms with Crippen molar-refractivity contribution in [1.82, 2.24) is 10.6 Å². The second-order valence-corrected chi connectivity index (χ2v) is 6.45. The molecule has 0 saturated carbocycles. The zero-order chi connectivity index (χ0) is 15.1. The lowest BCUT2D eigenvalue weighted by atomic mass is 9.85. The molecule has 1 aliphatic heterocycles. The third-order valence-corrected chi connectivity index (χ3v) is 4.44. The molecule has 2 rings (SSSR count). The quantitative estimate of drug-likeness (QED) is 0.845. The summed E-state index contributed by atoms with van der Waals surface area (Å²) in [6, 6.07) is 10.5. The first-order valence-corrected chi connectivity index (χ1v) is 8.19. The highest BCUT2D eigenvalue weighted by molar-refractivity contribution is 5.76. The molecular weight excluding hydrogens is 260 g/mol. The topological polar surface area (TPSA) is 41.1 Å². The lowest BCUT2D eigenvalue weighted by Crippen LogP contribution is -2.38. The van der Waals surface area contributed by atoms with Crippen LogP contribution in [-0.4, -0.2) is 25.0 Å². The van der Waals surface area contributed by atoms with E-state index in [9.17, 15) is 4.79 Å². The van der Waals surface area contributed by atoms with E-state index in [-0.39, 0.29) is 11.9 Å². The molecule has 2 N–H and O–H groups in total. The highest BCUT2D eigenvalue weighted by atomic mass is 16.1. The molecule has 1 saturated heterocycles. The number of piperidine rings is 1. The van der Waals surface area contributed by atoms with Gasteiger partial charge in [-0.15, -0.1) is 0 Å². The van der Waals surface area contributed by atoms with Gasteiger partial charge in [-0.05, 0) is 56.7 Å². The van der Waals surface area contributed by atoms with Crippen LogP contribution in [-0.2, 0) is 11.2 Å². The van der Waals surface area contributed by atoms with Crippen LogP contribution in [0.25, 0.3) is 0 Å². The van der Waals surface area contributed by atoms with E-state index >= 15 is 0 Å². The Morgan fingerprint density at radius 1 is 1.33 bits per heavy atom. The van der Waals surface area contributed by atoms with E-state index in [1.165, 1.54) is 18.4 Å². The van der Waals surface area contributed by atoms with Crippen molar-refractivity contribution in [1.29, 1.82) is 0 Å². The molecule has 0 aliphatic carbocycles. The minimum Gasteiger partial charge on any atom is -0.353 e. The van der Waals surface area contributed by atoms with Gasteiger partial charge in [0.2, 0.25) is 5.91 Å². The fraction of sp³-hybridized carbons (Fsp3) is 0.611. The Morgan fingerprint density at radius 3 is 2.76 bits per heavy atom. The van der Waals surface area contributed by atoms with Crippen molar-refractivity contribution >= 4 is 5.91 Å². The molecule has 3 atom stereocenters. The minimum absolute atomic E-state index is 0.191. The van der Waals surface area contributed by atoms with Crippen LogP contribution in [0.4, 0.5) is 0 Å². The first-order chi connectivity index (χ1) is 10.1. The lowest BCUT2D eigenvalue weighted by Gasteiger charge is -2.28. The van der Waals surface area contributed by atoms with Gasteiger partial charge in [0.15, 0.2) is 0 Å². The van der Waals surface area contributed by atoms with Crippen LogP contribution in [0.2, 0.25) is 0 Å².